The Balaban J connectivity index is 2.21. The average Bonchev–Trinajstić information content (AvgIpc) is 2.85. The minimum absolute atomic E-state index is 0.156. The van der Waals surface area contributed by atoms with Crippen molar-refractivity contribution in [2.24, 2.45) is 5.92 Å². The van der Waals surface area contributed by atoms with Gasteiger partial charge >= 0.3 is 5.97 Å². The van der Waals surface area contributed by atoms with Crippen LogP contribution in [0.3, 0.4) is 0 Å². The highest BCUT2D eigenvalue weighted by molar-refractivity contribution is 5.98. The van der Waals surface area contributed by atoms with Crippen LogP contribution in [-0.2, 0) is 19.7 Å². The zero-order valence-electron chi connectivity index (χ0n) is 18.2. The molecule has 0 unspecified atom stereocenters. The summed E-state index contributed by atoms with van der Waals surface area (Å²) in [5.41, 5.74) is 1.11. The predicted octanol–water partition coefficient (Wildman–Crippen LogP) is 4.23. The van der Waals surface area contributed by atoms with Gasteiger partial charge in [0.15, 0.2) is 0 Å². The second-order valence-electron chi connectivity index (χ2n) is 7.66. The van der Waals surface area contributed by atoms with Crippen molar-refractivity contribution in [3.63, 3.8) is 0 Å². The summed E-state index contributed by atoms with van der Waals surface area (Å²) >= 11 is 0. The minimum atomic E-state index is -1.20. The number of esters is 1. The molecule has 1 N–H and O–H groups in total. The van der Waals surface area contributed by atoms with E-state index in [9.17, 15) is 14.9 Å². The van der Waals surface area contributed by atoms with Gasteiger partial charge in [-0.15, -0.1) is 0 Å². The fourth-order valence-electron chi connectivity index (χ4n) is 3.99. The van der Waals surface area contributed by atoms with E-state index in [1.165, 1.54) is 7.11 Å². The first-order chi connectivity index (χ1) is 15.5. The van der Waals surface area contributed by atoms with Gasteiger partial charge in [-0.3, -0.25) is 4.79 Å². The van der Waals surface area contributed by atoms with Crippen molar-refractivity contribution in [3.05, 3.63) is 108 Å². The van der Waals surface area contributed by atoms with Crippen LogP contribution in [0.5, 0.6) is 0 Å². The standard InChI is InChI=1S/C27H26N2O3/c1-20(19-28)18-24(25(30)32-2)29-26(31)27(21-12-6-3-7-13-21,22-14-8-4-9-15-22)23-16-10-5-11-17-23/h3-17,20,24H,18H2,1-2H3,(H,29,31)/t20-,24+/m1/s1. The second-order valence-corrected chi connectivity index (χ2v) is 7.66. The molecule has 1 amide bonds. The largest absolute Gasteiger partial charge is 0.467 e. The maximum atomic E-state index is 14.2. The average molecular weight is 427 g/mol. The first kappa shape index (κ1) is 22.8. The fourth-order valence-corrected chi connectivity index (χ4v) is 3.99. The molecule has 32 heavy (non-hydrogen) atoms. The molecule has 3 aromatic carbocycles. The van der Waals surface area contributed by atoms with Gasteiger partial charge in [0.25, 0.3) is 0 Å². The molecule has 0 saturated carbocycles. The van der Waals surface area contributed by atoms with Crippen molar-refractivity contribution in [1.82, 2.24) is 5.32 Å². The molecule has 0 radical (unpaired) electrons. The summed E-state index contributed by atoms with van der Waals surface area (Å²) in [5, 5.41) is 12.2. The molecule has 5 heteroatoms. The summed E-state index contributed by atoms with van der Waals surface area (Å²) in [6.07, 6.45) is 0.156. The number of nitrogens with one attached hydrogen (secondary N) is 1. The highest BCUT2D eigenvalue weighted by atomic mass is 16.5. The number of rotatable bonds is 8. The Morgan fingerprint density at radius 2 is 1.28 bits per heavy atom. The van der Waals surface area contributed by atoms with Crippen LogP contribution < -0.4 is 5.32 Å². The van der Waals surface area contributed by atoms with E-state index in [0.29, 0.717) is 0 Å². The quantitative estimate of drug-likeness (QED) is 0.432. The summed E-state index contributed by atoms with van der Waals surface area (Å²) in [4.78, 5) is 26.7. The Morgan fingerprint density at radius 3 is 1.62 bits per heavy atom. The summed E-state index contributed by atoms with van der Waals surface area (Å²) < 4.78 is 4.93. The molecule has 162 valence electrons. The lowest BCUT2D eigenvalue weighted by atomic mass is 9.68. The molecule has 0 heterocycles. The first-order valence-corrected chi connectivity index (χ1v) is 10.5. The molecule has 2 atom stereocenters. The number of carbonyl (C=O) groups excluding carboxylic acids is 2. The maximum Gasteiger partial charge on any atom is 0.328 e. The van der Waals surface area contributed by atoms with E-state index < -0.39 is 23.3 Å². The zero-order valence-corrected chi connectivity index (χ0v) is 18.2. The van der Waals surface area contributed by atoms with E-state index in [0.717, 1.165) is 16.7 Å². The third-order valence-electron chi connectivity index (χ3n) is 5.56. The van der Waals surface area contributed by atoms with Gasteiger partial charge in [0.1, 0.15) is 11.5 Å². The molecular formula is C27H26N2O3. The SMILES string of the molecule is COC(=O)[C@H](C[C@@H](C)C#N)NC(=O)C(c1ccccc1)(c1ccccc1)c1ccccc1. The second kappa shape index (κ2) is 10.4. The van der Waals surface area contributed by atoms with Gasteiger partial charge in [0.2, 0.25) is 5.91 Å². The van der Waals surface area contributed by atoms with Crippen LogP contribution in [0.2, 0.25) is 0 Å². The number of ether oxygens (including phenoxy) is 1. The summed E-state index contributed by atoms with van der Waals surface area (Å²) in [5.74, 6) is -1.37. The molecule has 0 aliphatic carbocycles. The molecule has 3 rings (SSSR count). The van der Waals surface area contributed by atoms with Gasteiger partial charge in [-0.1, -0.05) is 91.0 Å². The predicted molar refractivity (Wildman–Crippen MR) is 123 cm³/mol. The topological polar surface area (TPSA) is 79.2 Å². The molecule has 0 spiro atoms. The number of hydrogen-bond donors (Lipinski definition) is 1. The van der Waals surface area contributed by atoms with Gasteiger partial charge in [-0.2, -0.15) is 5.26 Å². The molecular weight excluding hydrogens is 400 g/mol. The van der Waals surface area contributed by atoms with E-state index in [-0.39, 0.29) is 12.3 Å². The Bertz CT molecular complexity index is 979. The van der Waals surface area contributed by atoms with Crippen molar-refractivity contribution in [3.8, 4) is 6.07 Å². The monoisotopic (exact) mass is 426 g/mol. The van der Waals surface area contributed by atoms with Gasteiger partial charge < -0.3 is 10.1 Å². The number of nitrogens with zero attached hydrogens (tertiary/aromatic N) is 1. The Hall–Kier alpha value is -3.91. The zero-order chi connectivity index (χ0) is 23.0. The number of nitriles is 1. The van der Waals surface area contributed by atoms with Crippen molar-refractivity contribution in [1.29, 1.82) is 5.26 Å². The van der Waals surface area contributed by atoms with Crippen LogP contribution in [-0.4, -0.2) is 25.0 Å². The normalized spacial score (nSPS) is 12.8. The van der Waals surface area contributed by atoms with Gasteiger partial charge in [0.05, 0.1) is 13.2 Å². The van der Waals surface area contributed by atoms with Crippen LogP contribution in [0.1, 0.15) is 30.0 Å². The van der Waals surface area contributed by atoms with Gasteiger partial charge in [-0.25, -0.2) is 4.79 Å². The summed E-state index contributed by atoms with van der Waals surface area (Å²) in [7, 11) is 1.28. The smallest absolute Gasteiger partial charge is 0.328 e. The van der Waals surface area contributed by atoms with Crippen molar-refractivity contribution >= 4 is 11.9 Å². The number of hydrogen-bond acceptors (Lipinski definition) is 4. The highest BCUT2D eigenvalue weighted by Crippen LogP contribution is 2.39. The van der Waals surface area contributed by atoms with Crippen LogP contribution in [0.15, 0.2) is 91.0 Å². The fraction of sp³-hybridized carbons (Fsp3) is 0.222. The molecule has 0 aromatic heterocycles. The molecule has 0 saturated heterocycles. The van der Waals surface area contributed by atoms with E-state index in [1.807, 2.05) is 91.0 Å². The first-order valence-electron chi connectivity index (χ1n) is 10.5. The van der Waals surface area contributed by atoms with Crippen LogP contribution in [0.4, 0.5) is 0 Å². The molecule has 3 aromatic rings. The summed E-state index contributed by atoms with van der Waals surface area (Å²) in [6, 6.07) is 29.6. The van der Waals surface area contributed by atoms with E-state index in [1.54, 1.807) is 6.92 Å². The van der Waals surface area contributed by atoms with Crippen LogP contribution in [0.25, 0.3) is 0 Å². The third-order valence-corrected chi connectivity index (χ3v) is 5.56. The van der Waals surface area contributed by atoms with Crippen molar-refractivity contribution < 1.29 is 14.3 Å². The molecule has 5 nitrogen and oxygen atoms in total. The van der Waals surface area contributed by atoms with Crippen LogP contribution in [0, 0.1) is 17.2 Å². The van der Waals surface area contributed by atoms with Gasteiger partial charge in [-0.05, 0) is 30.0 Å². The number of benzene rings is 3. The lowest BCUT2D eigenvalue weighted by Crippen LogP contribution is -2.52. The number of amides is 1. The third kappa shape index (κ3) is 4.55. The maximum absolute atomic E-state index is 14.2. The molecule has 0 fully saturated rings. The highest BCUT2D eigenvalue weighted by Gasteiger charge is 2.45. The van der Waals surface area contributed by atoms with Crippen molar-refractivity contribution in [2.75, 3.05) is 7.11 Å². The number of carbonyl (C=O) groups is 2. The molecule has 0 aliphatic rings. The Labute approximate surface area is 188 Å². The van der Waals surface area contributed by atoms with Gasteiger partial charge in [0, 0.05) is 5.92 Å². The lowest BCUT2D eigenvalue weighted by molar-refractivity contribution is -0.145. The van der Waals surface area contributed by atoms with E-state index >= 15 is 0 Å². The molecule has 0 bridgehead atoms. The molecule has 0 aliphatic heterocycles. The lowest BCUT2D eigenvalue weighted by Gasteiger charge is -2.35. The van der Waals surface area contributed by atoms with E-state index in [2.05, 4.69) is 11.4 Å². The van der Waals surface area contributed by atoms with Crippen molar-refractivity contribution in [2.45, 2.75) is 24.8 Å². The summed E-state index contributed by atoms with van der Waals surface area (Å²) in [6.45, 7) is 1.71. The van der Waals surface area contributed by atoms with Crippen LogP contribution >= 0.6 is 0 Å². The van der Waals surface area contributed by atoms with E-state index in [4.69, 9.17) is 4.74 Å². The number of methoxy groups -OCH3 is 1. The Morgan fingerprint density at radius 1 is 0.875 bits per heavy atom. The Kier molecular flexibility index (Phi) is 7.41. The minimum Gasteiger partial charge on any atom is -0.467 e.